The van der Waals surface area contributed by atoms with E-state index >= 15 is 0 Å². The quantitative estimate of drug-likeness (QED) is 0.411. The number of Topliss-reactive ketones (excluding diaryl/α,β-unsaturated/α-hetero) is 1. The lowest BCUT2D eigenvalue weighted by atomic mass is 9.43. The molecule has 37 heavy (non-hydrogen) atoms. The monoisotopic (exact) mass is 534 g/mol. The van der Waals surface area contributed by atoms with Crippen molar-refractivity contribution in [2.45, 2.75) is 97.2 Å². The number of rotatable bonds is 6. The molecule has 2 bridgehead atoms. The molecule has 1 N–H and O–H groups in total. The standard InChI is InChI=1S/C29H42O7S/c1-7-27(5)16-23(36-24(31)17-35-37(33,34)21-10-8-18(2)9-11-21)28(6)19(3)12-14-29(20(4)26(27)32)15-13-22(30)25(28)29/h8-11,19-20,23,25-26,32H,7,12-17H2,1-6H3/t19-,20+,23-,25+,26+,27-,28-,29-/m1/s1. The molecule has 0 unspecified atom stereocenters. The zero-order valence-electron chi connectivity index (χ0n) is 23.0. The van der Waals surface area contributed by atoms with Crippen LogP contribution in [0.3, 0.4) is 0 Å². The molecule has 0 radical (unpaired) electrons. The Balaban J connectivity index is 1.65. The largest absolute Gasteiger partial charge is 0.460 e. The first-order valence-electron chi connectivity index (χ1n) is 13.6. The molecule has 3 aliphatic carbocycles. The number of hydrogen-bond acceptors (Lipinski definition) is 7. The van der Waals surface area contributed by atoms with E-state index in [4.69, 9.17) is 8.92 Å². The molecule has 0 aromatic heterocycles. The molecule has 0 spiro atoms. The van der Waals surface area contributed by atoms with Crippen LogP contribution in [-0.2, 0) is 28.6 Å². The number of ketones is 1. The predicted octanol–water partition coefficient (Wildman–Crippen LogP) is 4.83. The maximum Gasteiger partial charge on any atom is 0.333 e. The van der Waals surface area contributed by atoms with E-state index in [0.29, 0.717) is 19.3 Å². The summed E-state index contributed by atoms with van der Waals surface area (Å²) in [4.78, 5) is 26.5. The molecule has 0 aliphatic heterocycles. The molecular weight excluding hydrogens is 492 g/mol. The first-order chi connectivity index (χ1) is 17.2. The highest BCUT2D eigenvalue weighted by Gasteiger charge is 2.68. The van der Waals surface area contributed by atoms with Crippen molar-refractivity contribution in [3.63, 3.8) is 0 Å². The van der Waals surface area contributed by atoms with E-state index in [2.05, 4.69) is 20.8 Å². The normalized spacial score (nSPS) is 40.0. The molecule has 1 aromatic rings. The van der Waals surface area contributed by atoms with Gasteiger partial charge in [-0.3, -0.25) is 8.98 Å². The summed E-state index contributed by atoms with van der Waals surface area (Å²) in [6.45, 7) is 11.5. The van der Waals surface area contributed by atoms with Gasteiger partial charge in [0.25, 0.3) is 10.1 Å². The molecule has 0 amide bonds. The minimum atomic E-state index is -4.13. The Morgan fingerprint density at radius 3 is 2.41 bits per heavy atom. The minimum absolute atomic E-state index is 0.0262. The van der Waals surface area contributed by atoms with Crippen LogP contribution >= 0.6 is 0 Å². The lowest BCUT2D eigenvalue weighted by Gasteiger charge is -2.62. The topological polar surface area (TPSA) is 107 Å². The van der Waals surface area contributed by atoms with Gasteiger partial charge in [0.15, 0.2) is 6.61 Å². The average molecular weight is 535 g/mol. The Morgan fingerprint density at radius 1 is 1.14 bits per heavy atom. The van der Waals surface area contributed by atoms with E-state index in [0.717, 1.165) is 24.8 Å². The fourth-order valence-electron chi connectivity index (χ4n) is 7.80. The average Bonchev–Trinajstić information content (AvgIpc) is 3.21. The van der Waals surface area contributed by atoms with Gasteiger partial charge in [-0.2, -0.15) is 8.42 Å². The SMILES string of the molecule is CC[C@]1(C)C[C@@H](OC(=O)COS(=O)(=O)c2ccc(C)cc2)[C@@]2(C)[C@H](C)CC[C@@]3(CCC(=O)[C@H]32)[C@@H](C)[C@@H]1O. The molecule has 8 atom stereocenters. The van der Waals surface area contributed by atoms with Crippen LogP contribution in [0.15, 0.2) is 29.2 Å². The fourth-order valence-corrected chi connectivity index (χ4v) is 8.66. The Hall–Kier alpha value is -1.77. The highest BCUT2D eigenvalue weighted by molar-refractivity contribution is 7.86. The van der Waals surface area contributed by atoms with Gasteiger partial charge in [0.05, 0.1) is 11.0 Å². The molecule has 4 rings (SSSR count). The number of hydrogen-bond donors (Lipinski definition) is 1. The zero-order chi connectivity index (χ0) is 27.4. The maximum absolute atomic E-state index is 13.5. The summed E-state index contributed by atoms with van der Waals surface area (Å²) >= 11 is 0. The first-order valence-corrected chi connectivity index (χ1v) is 15.0. The van der Waals surface area contributed by atoms with Crippen LogP contribution in [0.5, 0.6) is 0 Å². The number of aryl methyl sites for hydroxylation is 1. The number of aliphatic hydroxyl groups excluding tert-OH is 1. The Bertz CT molecular complexity index is 1150. The van der Waals surface area contributed by atoms with Crippen LogP contribution in [0, 0.1) is 40.9 Å². The van der Waals surface area contributed by atoms with Crippen molar-refractivity contribution in [2.75, 3.05) is 6.61 Å². The summed E-state index contributed by atoms with van der Waals surface area (Å²) in [5.41, 5.74) is -0.570. The van der Waals surface area contributed by atoms with Gasteiger partial charge in [-0.1, -0.05) is 52.3 Å². The van der Waals surface area contributed by atoms with Crippen LogP contribution < -0.4 is 0 Å². The van der Waals surface area contributed by atoms with Gasteiger partial charge in [0.2, 0.25) is 0 Å². The van der Waals surface area contributed by atoms with Crippen LogP contribution in [0.1, 0.15) is 78.7 Å². The van der Waals surface area contributed by atoms with Gasteiger partial charge in [-0.25, -0.2) is 4.79 Å². The summed E-state index contributed by atoms with van der Waals surface area (Å²) in [5.74, 6) is -0.846. The van der Waals surface area contributed by atoms with Crippen LogP contribution in [0.2, 0.25) is 0 Å². The summed E-state index contributed by atoms with van der Waals surface area (Å²) in [6.07, 6.45) is 2.75. The molecule has 3 saturated carbocycles. The summed E-state index contributed by atoms with van der Waals surface area (Å²) in [5, 5.41) is 11.6. The molecule has 3 fully saturated rings. The van der Waals surface area contributed by atoms with E-state index < -0.39 is 45.7 Å². The van der Waals surface area contributed by atoms with Gasteiger partial charge in [-0.15, -0.1) is 0 Å². The molecule has 3 aliphatic rings. The van der Waals surface area contributed by atoms with E-state index in [-0.39, 0.29) is 33.8 Å². The van der Waals surface area contributed by atoms with Crippen molar-refractivity contribution < 1.29 is 32.0 Å². The van der Waals surface area contributed by atoms with Gasteiger partial charge < -0.3 is 9.84 Å². The highest BCUT2D eigenvalue weighted by Crippen LogP contribution is 2.68. The van der Waals surface area contributed by atoms with Gasteiger partial charge in [0.1, 0.15) is 11.9 Å². The fraction of sp³-hybridized carbons (Fsp3) is 0.724. The van der Waals surface area contributed by atoms with Crippen molar-refractivity contribution in [1.29, 1.82) is 0 Å². The van der Waals surface area contributed by atoms with E-state index in [9.17, 15) is 23.1 Å². The van der Waals surface area contributed by atoms with Crippen LogP contribution in [0.4, 0.5) is 0 Å². The van der Waals surface area contributed by atoms with E-state index in [1.165, 1.54) is 12.1 Å². The molecule has 0 heterocycles. The first kappa shape index (κ1) is 28.2. The number of carbonyl (C=O) groups is 2. The second-order valence-electron chi connectivity index (χ2n) is 12.4. The number of aliphatic hydroxyl groups is 1. The van der Waals surface area contributed by atoms with Crippen molar-refractivity contribution in [3.05, 3.63) is 29.8 Å². The molecule has 1 aromatic carbocycles. The Labute approximate surface area is 221 Å². The zero-order valence-corrected chi connectivity index (χ0v) is 23.8. The number of esters is 1. The van der Waals surface area contributed by atoms with Crippen molar-refractivity contribution >= 4 is 21.9 Å². The molecule has 0 saturated heterocycles. The van der Waals surface area contributed by atoms with Crippen molar-refractivity contribution in [3.8, 4) is 0 Å². The Kier molecular flexibility index (Phi) is 7.45. The third-order valence-electron chi connectivity index (χ3n) is 10.6. The highest BCUT2D eigenvalue weighted by atomic mass is 32.2. The minimum Gasteiger partial charge on any atom is -0.460 e. The van der Waals surface area contributed by atoms with Crippen LogP contribution in [0.25, 0.3) is 0 Å². The smallest absolute Gasteiger partial charge is 0.333 e. The second-order valence-corrected chi connectivity index (χ2v) is 14.0. The summed E-state index contributed by atoms with van der Waals surface area (Å²) < 4.78 is 36.4. The summed E-state index contributed by atoms with van der Waals surface area (Å²) in [7, 11) is -4.13. The van der Waals surface area contributed by atoms with E-state index in [1.54, 1.807) is 12.1 Å². The van der Waals surface area contributed by atoms with Gasteiger partial charge >= 0.3 is 5.97 Å². The molecule has 8 heteroatoms. The molecule has 206 valence electrons. The Morgan fingerprint density at radius 2 is 1.78 bits per heavy atom. The number of ether oxygens (including phenoxy) is 1. The lowest BCUT2D eigenvalue weighted by Crippen LogP contribution is -2.63. The van der Waals surface area contributed by atoms with Gasteiger partial charge in [0, 0.05) is 17.8 Å². The third kappa shape index (κ3) is 4.57. The van der Waals surface area contributed by atoms with Crippen molar-refractivity contribution in [2.24, 2.45) is 34.0 Å². The van der Waals surface area contributed by atoms with Crippen LogP contribution in [-0.4, -0.2) is 44.1 Å². The third-order valence-corrected chi connectivity index (χ3v) is 11.9. The van der Waals surface area contributed by atoms with Gasteiger partial charge in [-0.05, 0) is 73.8 Å². The second kappa shape index (κ2) is 9.76. The molecular formula is C29H42O7S. The predicted molar refractivity (Wildman–Crippen MR) is 139 cm³/mol. The maximum atomic E-state index is 13.5. The molecule has 7 nitrogen and oxygen atoms in total. The van der Waals surface area contributed by atoms with Crippen molar-refractivity contribution in [1.82, 2.24) is 0 Å². The number of benzene rings is 1. The summed E-state index contributed by atoms with van der Waals surface area (Å²) in [6, 6.07) is 6.21. The van der Waals surface area contributed by atoms with E-state index in [1.807, 2.05) is 20.8 Å². The number of carbonyl (C=O) groups excluding carboxylic acids is 2. The lowest BCUT2D eigenvalue weighted by molar-refractivity contribution is -0.212.